The van der Waals surface area contributed by atoms with E-state index in [9.17, 15) is 0 Å². The standard InChI is InChI=1S/C13H24OS2/c1-9(2)12-5-4-10(3)8-11(12)6-7-14-13(15)16/h9-12H,4-8H2,1-3H3,(H,15,16). The van der Waals surface area contributed by atoms with Gasteiger partial charge in [-0.05, 0) is 55.2 Å². The molecule has 0 heterocycles. The number of hydrogen-bond acceptors (Lipinski definition) is 2. The summed E-state index contributed by atoms with van der Waals surface area (Å²) in [6.45, 7) is 7.80. The van der Waals surface area contributed by atoms with Crippen LogP contribution in [0.2, 0.25) is 0 Å². The van der Waals surface area contributed by atoms with Gasteiger partial charge >= 0.3 is 0 Å². The summed E-state index contributed by atoms with van der Waals surface area (Å²) in [7, 11) is 0. The van der Waals surface area contributed by atoms with Gasteiger partial charge in [0.05, 0.1) is 6.61 Å². The average molecular weight is 260 g/mol. The Morgan fingerprint density at radius 2 is 2.12 bits per heavy atom. The molecule has 3 atom stereocenters. The molecule has 94 valence electrons. The third-order valence-electron chi connectivity index (χ3n) is 3.87. The Hall–Kier alpha value is 0.240. The van der Waals surface area contributed by atoms with Gasteiger partial charge in [0, 0.05) is 0 Å². The zero-order valence-corrected chi connectivity index (χ0v) is 12.3. The van der Waals surface area contributed by atoms with Crippen molar-refractivity contribution < 1.29 is 4.74 Å². The number of hydrogen-bond donors (Lipinski definition) is 1. The van der Waals surface area contributed by atoms with Crippen LogP contribution in [0.4, 0.5) is 0 Å². The fourth-order valence-electron chi connectivity index (χ4n) is 3.03. The number of thiol groups is 1. The molecule has 0 aromatic rings. The van der Waals surface area contributed by atoms with E-state index in [1.807, 2.05) is 0 Å². The highest BCUT2D eigenvalue weighted by molar-refractivity contribution is 8.10. The summed E-state index contributed by atoms with van der Waals surface area (Å²) >= 11 is 8.79. The van der Waals surface area contributed by atoms with Gasteiger partial charge in [0.15, 0.2) is 0 Å². The van der Waals surface area contributed by atoms with E-state index in [0.717, 1.165) is 36.7 Å². The monoisotopic (exact) mass is 260 g/mol. The van der Waals surface area contributed by atoms with Gasteiger partial charge in [-0.2, -0.15) is 0 Å². The topological polar surface area (TPSA) is 9.23 Å². The summed E-state index contributed by atoms with van der Waals surface area (Å²) in [6.07, 6.45) is 5.26. The largest absolute Gasteiger partial charge is 0.479 e. The van der Waals surface area contributed by atoms with Crippen molar-refractivity contribution in [3.05, 3.63) is 0 Å². The van der Waals surface area contributed by atoms with Crippen molar-refractivity contribution in [3.8, 4) is 0 Å². The highest BCUT2D eigenvalue weighted by Crippen LogP contribution is 2.39. The van der Waals surface area contributed by atoms with Crippen molar-refractivity contribution in [1.29, 1.82) is 0 Å². The van der Waals surface area contributed by atoms with Gasteiger partial charge in [-0.15, -0.1) is 0 Å². The SMILES string of the molecule is CC1CCC(C(C)C)C(CCOC(=S)S)C1. The van der Waals surface area contributed by atoms with E-state index in [0.29, 0.717) is 4.38 Å². The Morgan fingerprint density at radius 3 is 2.69 bits per heavy atom. The molecule has 0 amide bonds. The van der Waals surface area contributed by atoms with Crippen molar-refractivity contribution in [2.24, 2.45) is 23.7 Å². The summed E-state index contributed by atoms with van der Waals surface area (Å²) in [5.41, 5.74) is 0. The molecule has 0 radical (unpaired) electrons. The summed E-state index contributed by atoms with van der Waals surface area (Å²) in [5.74, 6) is 3.35. The molecular weight excluding hydrogens is 236 g/mol. The first kappa shape index (κ1) is 14.3. The van der Waals surface area contributed by atoms with Crippen LogP contribution in [0.5, 0.6) is 0 Å². The van der Waals surface area contributed by atoms with Gasteiger partial charge in [-0.1, -0.05) is 39.8 Å². The molecule has 1 aliphatic rings. The fraction of sp³-hybridized carbons (Fsp3) is 0.923. The smallest absolute Gasteiger partial charge is 0.216 e. The van der Waals surface area contributed by atoms with Gasteiger partial charge in [0.1, 0.15) is 0 Å². The zero-order valence-electron chi connectivity index (χ0n) is 10.6. The normalized spacial score (nSPS) is 30.4. The van der Waals surface area contributed by atoms with Crippen molar-refractivity contribution in [3.63, 3.8) is 0 Å². The molecule has 16 heavy (non-hydrogen) atoms. The highest BCUT2D eigenvalue weighted by atomic mass is 32.1. The number of thiocarbonyl (C=S) groups is 1. The Labute approximate surface area is 111 Å². The maximum atomic E-state index is 5.30. The molecule has 3 unspecified atom stereocenters. The quantitative estimate of drug-likeness (QED) is 0.595. The van der Waals surface area contributed by atoms with Gasteiger partial charge in [-0.25, -0.2) is 0 Å². The summed E-state index contributed by atoms with van der Waals surface area (Å²) in [4.78, 5) is 0. The van der Waals surface area contributed by atoms with Crippen LogP contribution in [0, 0.1) is 23.7 Å². The maximum absolute atomic E-state index is 5.30. The van der Waals surface area contributed by atoms with E-state index >= 15 is 0 Å². The molecule has 0 aromatic carbocycles. The molecular formula is C13H24OS2. The average Bonchev–Trinajstić information content (AvgIpc) is 2.16. The van der Waals surface area contributed by atoms with E-state index in [-0.39, 0.29) is 0 Å². The van der Waals surface area contributed by atoms with Crippen LogP contribution in [0.15, 0.2) is 0 Å². The van der Waals surface area contributed by atoms with Crippen LogP contribution in [0.25, 0.3) is 0 Å². The third kappa shape index (κ3) is 4.62. The number of ether oxygens (including phenoxy) is 1. The molecule has 0 spiro atoms. The van der Waals surface area contributed by atoms with E-state index in [1.54, 1.807) is 0 Å². The Balaban J connectivity index is 2.41. The van der Waals surface area contributed by atoms with Crippen molar-refractivity contribution >= 4 is 29.2 Å². The van der Waals surface area contributed by atoms with Crippen LogP contribution in [-0.2, 0) is 4.74 Å². The van der Waals surface area contributed by atoms with Crippen LogP contribution < -0.4 is 0 Å². The van der Waals surface area contributed by atoms with E-state index in [4.69, 9.17) is 17.0 Å². The second-order valence-corrected chi connectivity index (χ2v) is 6.57. The molecule has 3 heteroatoms. The highest BCUT2D eigenvalue weighted by Gasteiger charge is 2.30. The lowest BCUT2D eigenvalue weighted by atomic mass is 9.69. The van der Waals surface area contributed by atoms with E-state index in [2.05, 4.69) is 33.4 Å². The maximum Gasteiger partial charge on any atom is 0.216 e. The Kier molecular flexibility index (Phi) is 6.12. The Bertz CT molecular complexity index is 228. The minimum atomic E-state index is 0.380. The summed E-state index contributed by atoms with van der Waals surface area (Å²) in [5, 5.41) is 0. The van der Waals surface area contributed by atoms with Crippen molar-refractivity contribution in [2.75, 3.05) is 6.61 Å². The van der Waals surface area contributed by atoms with Gasteiger partial charge in [0.25, 0.3) is 0 Å². The minimum Gasteiger partial charge on any atom is -0.479 e. The molecule has 0 aliphatic heterocycles. The molecule has 1 aliphatic carbocycles. The Morgan fingerprint density at radius 1 is 1.44 bits per heavy atom. The van der Waals surface area contributed by atoms with Gasteiger partial charge < -0.3 is 4.74 Å². The second kappa shape index (κ2) is 6.85. The fourth-order valence-corrected chi connectivity index (χ4v) is 3.20. The van der Waals surface area contributed by atoms with Crippen LogP contribution in [0.3, 0.4) is 0 Å². The summed E-state index contributed by atoms with van der Waals surface area (Å²) < 4.78 is 5.68. The summed E-state index contributed by atoms with van der Waals surface area (Å²) in [6, 6.07) is 0. The molecule has 0 aromatic heterocycles. The molecule has 1 fully saturated rings. The zero-order chi connectivity index (χ0) is 12.1. The van der Waals surface area contributed by atoms with E-state index in [1.165, 1.54) is 19.3 Å². The molecule has 1 nitrogen and oxygen atoms in total. The lowest BCUT2D eigenvalue weighted by Crippen LogP contribution is -2.28. The second-order valence-electron chi connectivity index (χ2n) is 5.49. The number of rotatable bonds is 4. The van der Waals surface area contributed by atoms with Crippen LogP contribution in [-0.4, -0.2) is 11.0 Å². The van der Waals surface area contributed by atoms with Crippen LogP contribution in [0.1, 0.15) is 46.5 Å². The van der Waals surface area contributed by atoms with Crippen molar-refractivity contribution in [2.45, 2.75) is 46.5 Å². The van der Waals surface area contributed by atoms with Crippen LogP contribution >= 0.6 is 24.8 Å². The lowest BCUT2D eigenvalue weighted by molar-refractivity contribution is 0.118. The lowest BCUT2D eigenvalue weighted by Gasteiger charge is -2.37. The first-order valence-electron chi connectivity index (χ1n) is 6.36. The minimum absolute atomic E-state index is 0.380. The molecule has 1 rings (SSSR count). The van der Waals surface area contributed by atoms with Gasteiger partial charge in [-0.3, -0.25) is 0 Å². The van der Waals surface area contributed by atoms with E-state index < -0.39 is 0 Å². The third-order valence-corrected chi connectivity index (χ3v) is 4.12. The molecule has 0 bridgehead atoms. The predicted molar refractivity (Wildman–Crippen MR) is 77.0 cm³/mol. The first-order valence-corrected chi connectivity index (χ1v) is 7.22. The first-order chi connectivity index (χ1) is 7.50. The molecule has 1 saturated carbocycles. The van der Waals surface area contributed by atoms with Crippen molar-refractivity contribution in [1.82, 2.24) is 0 Å². The van der Waals surface area contributed by atoms with Gasteiger partial charge in [0.2, 0.25) is 4.38 Å². The molecule has 0 N–H and O–H groups in total. The predicted octanol–water partition coefficient (Wildman–Crippen LogP) is 4.32. The molecule has 0 saturated heterocycles.